The van der Waals surface area contributed by atoms with Crippen LogP contribution in [0.2, 0.25) is 0 Å². The largest absolute Gasteiger partial charge is 0.352 e. The molecule has 3 aromatic rings. The highest BCUT2D eigenvalue weighted by Crippen LogP contribution is 2.33. The van der Waals surface area contributed by atoms with Gasteiger partial charge in [-0.05, 0) is 44.0 Å². The maximum Gasteiger partial charge on any atom is 0.266 e. The first kappa shape index (κ1) is 21.9. The maximum atomic E-state index is 13.0. The molecule has 6 nitrogen and oxygen atoms in total. The van der Waals surface area contributed by atoms with Gasteiger partial charge in [0.2, 0.25) is 0 Å². The van der Waals surface area contributed by atoms with Crippen molar-refractivity contribution in [3.05, 3.63) is 51.8 Å². The van der Waals surface area contributed by atoms with Gasteiger partial charge >= 0.3 is 0 Å². The predicted octanol–water partition coefficient (Wildman–Crippen LogP) is 5.00. The molecule has 158 valence electrons. The molecule has 0 aliphatic carbocycles. The molecule has 0 saturated heterocycles. The fraction of sp³-hybridized carbons (Fsp3) is 0.391. The Morgan fingerprint density at radius 2 is 1.83 bits per heavy atom. The number of nitrogens with zero attached hydrogens (tertiary/aromatic N) is 2. The molecule has 3 rings (SSSR count). The molecule has 2 N–H and O–H groups in total. The zero-order valence-corrected chi connectivity index (χ0v) is 19.2. The van der Waals surface area contributed by atoms with Gasteiger partial charge in [0.05, 0.1) is 10.6 Å². The van der Waals surface area contributed by atoms with E-state index in [1.54, 1.807) is 24.3 Å². The third-order valence-electron chi connectivity index (χ3n) is 4.77. The standard InChI is InChI=1S/C23H28N4O2S/c1-7-11-24-19(28)15-9-8-10-16(12-15)26-20(29)18-13(2)17-14(3)25-22(23(4,5)6)27-21(17)30-18/h8-10,12H,7,11H2,1-6H3,(H,24,28)(H,26,29). The predicted molar refractivity (Wildman–Crippen MR) is 123 cm³/mol. The molecule has 0 saturated carbocycles. The summed E-state index contributed by atoms with van der Waals surface area (Å²) in [6.07, 6.45) is 0.868. The average molecular weight is 425 g/mol. The number of rotatable bonds is 5. The van der Waals surface area contributed by atoms with E-state index in [9.17, 15) is 9.59 Å². The lowest BCUT2D eigenvalue weighted by Gasteiger charge is -2.16. The molecule has 0 atom stereocenters. The molecule has 7 heteroatoms. The third kappa shape index (κ3) is 4.51. The van der Waals surface area contributed by atoms with Crippen LogP contribution in [-0.2, 0) is 5.41 Å². The lowest BCUT2D eigenvalue weighted by atomic mass is 9.95. The van der Waals surface area contributed by atoms with Crippen molar-refractivity contribution in [1.29, 1.82) is 0 Å². The summed E-state index contributed by atoms with van der Waals surface area (Å²) in [5.41, 5.74) is 2.69. The Balaban J connectivity index is 1.90. The molecule has 1 aromatic carbocycles. The summed E-state index contributed by atoms with van der Waals surface area (Å²) in [5, 5.41) is 6.70. The van der Waals surface area contributed by atoms with E-state index >= 15 is 0 Å². The average Bonchev–Trinajstić information content (AvgIpc) is 3.03. The van der Waals surface area contributed by atoms with E-state index in [1.165, 1.54) is 11.3 Å². The normalized spacial score (nSPS) is 11.5. The third-order valence-corrected chi connectivity index (χ3v) is 5.95. The number of aromatic nitrogens is 2. The summed E-state index contributed by atoms with van der Waals surface area (Å²) in [4.78, 5) is 36.0. The fourth-order valence-corrected chi connectivity index (χ4v) is 4.28. The van der Waals surface area contributed by atoms with Gasteiger partial charge < -0.3 is 10.6 Å². The number of hydrogen-bond acceptors (Lipinski definition) is 5. The summed E-state index contributed by atoms with van der Waals surface area (Å²) >= 11 is 1.37. The number of benzene rings is 1. The Morgan fingerprint density at radius 3 is 2.50 bits per heavy atom. The minimum absolute atomic E-state index is 0.147. The summed E-state index contributed by atoms with van der Waals surface area (Å²) in [6.45, 7) is 12.7. The van der Waals surface area contributed by atoms with Crippen LogP contribution in [0.25, 0.3) is 10.2 Å². The smallest absolute Gasteiger partial charge is 0.266 e. The van der Waals surface area contributed by atoms with Crippen molar-refractivity contribution in [2.24, 2.45) is 0 Å². The van der Waals surface area contributed by atoms with Gasteiger partial charge in [-0.1, -0.05) is 33.8 Å². The highest BCUT2D eigenvalue weighted by molar-refractivity contribution is 7.20. The number of fused-ring (bicyclic) bond motifs is 1. The van der Waals surface area contributed by atoms with Crippen molar-refractivity contribution in [3.63, 3.8) is 0 Å². The van der Waals surface area contributed by atoms with Crippen molar-refractivity contribution in [2.75, 3.05) is 11.9 Å². The molecule has 0 spiro atoms. The Labute approximate surface area is 181 Å². The number of amides is 2. The Hall–Kier alpha value is -2.80. The number of nitrogens with one attached hydrogen (secondary N) is 2. The van der Waals surface area contributed by atoms with E-state index in [0.717, 1.165) is 33.7 Å². The van der Waals surface area contributed by atoms with Crippen LogP contribution in [0.4, 0.5) is 5.69 Å². The van der Waals surface area contributed by atoms with Crippen molar-refractivity contribution in [3.8, 4) is 0 Å². The second-order valence-corrected chi connectivity index (χ2v) is 9.41. The first-order chi connectivity index (χ1) is 14.1. The van der Waals surface area contributed by atoms with Gasteiger partial charge in [-0.2, -0.15) is 0 Å². The minimum atomic E-state index is -0.210. The van der Waals surface area contributed by atoms with Gasteiger partial charge in [-0.15, -0.1) is 11.3 Å². The quantitative estimate of drug-likeness (QED) is 0.604. The van der Waals surface area contributed by atoms with Crippen LogP contribution in [0.1, 0.15) is 71.2 Å². The highest BCUT2D eigenvalue weighted by Gasteiger charge is 2.23. The lowest BCUT2D eigenvalue weighted by molar-refractivity contribution is 0.0952. The van der Waals surface area contributed by atoms with Crippen LogP contribution in [-0.4, -0.2) is 28.3 Å². The molecule has 0 aliphatic heterocycles. The van der Waals surface area contributed by atoms with Crippen molar-refractivity contribution in [2.45, 2.75) is 53.4 Å². The topological polar surface area (TPSA) is 84.0 Å². The van der Waals surface area contributed by atoms with Crippen LogP contribution in [0, 0.1) is 13.8 Å². The summed E-state index contributed by atoms with van der Waals surface area (Å²) < 4.78 is 0. The van der Waals surface area contributed by atoms with Crippen LogP contribution in [0.3, 0.4) is 0 Å². The van der Waals surface area contributed by atoms with E-state index in [0.29, 0.717) is 22.7 Å². The highest BCUT2D eigenvalue weighted by atomic mass is 32.1. The number of carbonyl (C=O) groups excluding carboxylic acids is 2. The van der Waals surface area contributed by atoms with Crippen LogP contribution in [0.15, 0.2) is 24.3 Å². The van der Waals surface area contributed by atoms with Gasteiger partial charge in [-0.3, -0.25) is 9.59 Å². The van der Waals surface area contributed by atoms with E-state index in [-0.39, 0.29) is 17.2 Å². The minimum Gasteiger partial charge on any atom is -0.352 e. The van der Waals surface area contributed by atoms with E-state index in [1.807, 2.05) is 20.8 Å². The second kappa shape index (κ2) is 8.52. The monoisotopic (exact) mass is 424 g/mol. The number of anilines is 1. The SMILES string of the molecule is CCCNC(=O)c1cccc(NC(=O)c2sc3nc(C(C)(C)C)nc(C)c3c2C)c1. The number of thiophene rings is 1. The number of aryl methyl sites for hydroxylation is 2. The molecule has 0 fully saturated rings. The molecule has 0 unspecified atom stereocenters. The van der Waals surface area contributed by atoms with E-state index in [2.05, 4.69) is 36.4 Å². The number of carbonyl (C=O) groups is 2. The Kier molecular flexibility index (Phi) is 6.22. The van der Waals surface area contributed by atoms with Crippen molar-refractivity contribution < 1.29 is 9.59 Å². The molecule has 0 aliphatic rings. The summed E-state index contributed by atoms with van der Waals surface area (Å²) in [7, 11) is 0. The van der Waals surface area contributed by atoms with Crippen LogP contribution >= 0.6 is 11.3 Å². The zero-order valence-electron chi connectivity index (χ0n) is 18.3. The van der Waals surface area contributed by atoms with E-state index in [4.69, 9.17) is 4.98 Å². The molecule has 2 aromatic heterocycles. The van der Waals surface area contributed by atoms with Crippen molar-refractivity contribution >= 4 is 39.1 Å². The number of hydrogen-bond donors (Lipinski definition) is 2. The molecule has 0 radical (unpaired) electrons. The van der Waals surface area contributed by atoms with Gasteiger partial charge in [-0.25, -0.2) is 9.97 Å². The molecular weight excluding hydrogens is 396 g/mol. The molecule has 0 bridgehead atoms. The first-order valence-electron chi connectivity index (χ1n) is 10.1. The summed E-state index contributed by atoms with van der Waals surface area (Å²) in [5.74, 6) is 0.413. The van der Waals surface area contributed by atoms with Crippen molar-refractivity contribution in [1.82, 2.24) is 15.3 Å². The lowest BCUT2D eigenvalue weighted by Crippen LogP contribution is -2.24. The molecule has 30 heavy (non-hydrogen) atoms. The van der Waals surface area contributed by atoms with Gasteiger partial charge in [0.15, 0.2) is 0 Å². The second-order valence-electron chi connectivity index (χ2n) is 8.41. The van der Waals surface area contributed by atoms with E-state index < -0.39 is 0 Å². The zero-order chi connectivity index (χ0) is 22.1. The van der Waals surface area contributed by atoms with Crippen LogP contribution < -0.4 is 10.6 Å². The fourth-order valence-electron chi connectivity index (χ4n) is 3.16. The molecule has 2 heterocycles. The molecule has 2 amide bonds. The van der Waals surface area contributed by atoms with Gasteiger partial charge in [0, 0.05) is 28.6 Å². The Bertz CT molecular complexity index is 1110. The first-order valence-corrected chi connectivity index (χ1v) is 10.9. The van der Waals surface area contributed by atoms with Gasteiger partial charge in [0.1, 0.15) is 10.7 Å². The molecular formula is C23H28N4O2S. The summed E-state index contributed by atoms with van der Waals surface area (Å²) in [6, 6.07) is 6.96. The Morgan fingerprint density at radius 1 is 1.10 bits per heavy atom. The van der Waals surface area contributed by atoms with Crippen LogP contribution in [0.5, 0.6) is 0 Å². The maximum absolute atomic E-state index is 13.0. The van der Waals surface area contributed by atoms with Gasteiger partial charge in [0.25, 0.3) is 11.8 Å².